The van der Waals surface area contributed by atoms with Gasteiger partial charge >= 0.3 is 5.97 Å². The minimum Gasteiger partial charge on any atom is -0.481 e. The van der Waals surface area contributed by atoms with E-state index >= 15 is 0 Å². The first-order valence-corrected chi connectivity index (χ1v) is 9.21. The molecule has 0 bridgehead atoms. The first-order valence-electron chi connectivity index (χ1n) is 8.39. The summed E-state index contributed by atoms with van der Waals surface area (Å²) in [5.41, 5.74) is 0. The van der Waals surface area contributed by atoms with Crippen molar-refractivity contribution in [1.29, 1.82) is 0 Å². The number of nitrogens with one attached hydrogen (secondary N) is 1. The number of hydrogen-bond donors (Lipinski definition) is 2. The van der Waals surface area contributed by atoms with Crippen LogP contribution in [-0.2, 0) is 16.0 Å². The van der Waals surface area contributed by atoms with Gasteiger partial charge in [0.15, 0.2) is 0 Å². The van der Waals surface area contributed by atoms with E-state index in [0.717, 1.165) is 37.1 Å². The SMILES string of the molecule is CCCC(CC1CCC(C(=O)Nc2nnc(CC)s2)C1)C(=O)O. The van der Waals surface area contributed by atoms with Crippen molar-refractivity contribution in [2.75, 3.05) is 5.32 Å². The molecule has 1 aromatic rings. The number of carbonyl (C=O) groups excluding carboxylic acids is 1. The third-order valence-electron chi connectivity index (χ3n) is 4.52. The van der Waals surface area contributed by atoms with Gasteiger partial charge in [-0.2, -0.15) is 0 Å². The molecule has 1 amide bonds. The fourth-order valence-corrected chi connectivity index (χ4v) is 3.96. The third-order valence-corrected chi connectivity index (χ3v) is 5.50. The van der Waals surface area contributed by atoms with Gasteiger partial charge in [-0.3, -0.25) is 9.59 Å². The molecule has 3 atom stereocenters. The lowest BCUT2D eigenvalue weighted by molar-refractivity contribution is -0.142. The second-order valence-corrected chi connectivity index (χ2v) is 7.34. The van der Waals surface area contributed by atoms with Crippen molar-refractivity contribution < 1.29 is 14.7 Å². The normalized spacial score (nSPS) is 22.0. The summed E-state index contributed by atoms with van der Waals surface area (Å²) in [6.07, 6.45) is 5.63. The Balaban J connectivity index is 1.84. The smallest absolute Gasteiger partial charge is 0.306 e. The minimum atomic E-state index is -0.708. The molecule has 2 rings (SSSR count). The zero-order valence-corrected chi connectivity index (χ0v) is 14.6. The molecule has 1 aromatic heterocycles. The van der Waals surface area contributed by atoms with Crippen molar-refractivity contribution in [2.24, 2.45) is 17.8 Å². The molecule has 0 spiro atoms. The maximum Gasteiger partial charge on any atom is 0.306 e. The Morgan fingerprint density at radius 2 is 2.13 bits per heavy atom. The van der Waals surface area contributed by atoms with Crippen molar-refractivity contribution in [3.63, 3.8) is 0 Å². The van der Waals surface area contributed by atoms with Gasteiger partial charge in [0.05, 0.1) is 5.92 Å². The standard InChI is InChI=1S/C16H25N3O3S/c1-3-5-12(15(21)22)9-10-6-7-11(8-10)14(20)17-16-19-18-13(4-2)23-16/h10-12H,3-9H2,1-2H3,(H,21,22)(H,17,19,20). The molecule has 1 fully saturated rings. The van der Waals surface area contributed by atoms with Crippen molar-refractivity contribution in [3.05, 3.63) is 5.01 Å². The Kier molecular flexibility index (Phi) is 6.50. The molecule has 0 radical (unpaired) electrons. The lowest BCUT2D eigenvalue weighted by atomic mass is 9.89. The van der Waals surface area contributed by atoms with Gasteiger partial charge in [0, 0.05) is 5.92 Å². The fourth-order valence-electron chi connectivity index (χ4n) is 3.27. The molecular formula is C16H25N3O3S. The molecule has 1 aliphatic carbocycles. The Morgan fingerprint density at radius 3 is 2.74 bits per heavy atom. The van der Waals surface area contributed by atoms with Crippen molar-refractivity contribution >= 4 is 28.3 Å². The van der Waals surface area contributed by atoms with E-state index in [4.69, 9.17) is 0 Å². The van der Waals surface area contributed by atoms with Crippen molar-refractivity contribution in [1.82, 2.24) is 10.2 Å². The number of aromatic nitrogens is 2. The van der Waals surface area contributed by atoms with Gasteiger partial charge in [0.1, 0.15) is 5.01 Å². The Labute approximate surface area is 140 Å². The summed E-state index contributed by atoms with van der Waals surface area (Å²) < 4.78 is 0. The minimum absolute atomic E-state index is 0.00586. The monoisotopic (exact) mass is 339 g/mol. The number of anilines is 1. The van der Waals surface area contributed by atoms with Gasteiger partial charge in [-0.25, -0.2) is 0 Å². The summed E-state index contributed by atoms with van der Waals surface area (Å²) in [6.45, 7) is 4.01. The number of rotatable bonds is 8. The molecule has 1 heterocycles. The molecule has 0 saturated heterocycles. The second kappa shape index (κ2) is 8.38. The number of hydrogen-bond acceptors (Lipinski definition) is 5. The fraction of sp³-hybridized carbons (Fsp3) is 0.750. The first kappa shape index (κ1) is 17.8. The predicted molar refractivity (Wildman–Crippen MR) is 89.4 cm³/mol. The average molecular weight is 339 g/mol. The van der Waals surface area contributed by atoms with Crippen LogP contribution >= 0.6 is 11.3 Å². The van der Waals surface area contributed by atoms with Crippen LogP contribution in [0.2, 0.25) is 0 Å². The van der Waals surface area contributed by atoms with E-state index < -0.39 is 5.97 Å². The summed E-state index contributed by atoms with van der Waals surface area (Å²) in [5, 5.41) is 21.6. The average Bonchev–Trinajstić information content (AvgIpc) is 3.15. The quantitative estimate of drug-likeness (QED) is 0.758. The molecule has 0 aliphatic heterocycles. The van der Waals surface area contributed by atoms with E-state index in [1.807, 2.05) is 13.8 Å². The third kappa shape index (κ3) is 4.99. The van der Waals surface area contributed by atoms with E-state index in [-0.39, 0.29) is 17.7 Å². The Bertz CT molecular complexity index is 546. The predicted octanol–water partition coefficient (Wildman–Crippen LogP) is 3.35. The zero-order chi connectivity index (χ0) is 16.8. The van der Waals surface area contributed by atoms with Crippen LogP contribution in [0.1, 0.15) is 57.4 Å². The van der Waals surface area contributed by atoms with Crippen LogP contribution in [0, 0.1) is 17.8 Å². The van der Waals surface area contributed by atoms with E-state index in [2.05, 4.69) is 15.5 Å². The highest BCUT2D eigenvalue weighted by Gasteiger charge is 2.33. The van der Waals surface area contributed by atoms with Crippen molar-refractivity contribution in [3.8, 4) is 0 Å². The van der Waals surface area contributed by atoms with E-state index in [9.17, 15) is 14.7 Å². The molecule has 1 aliphatic rings. The number of carbonyl (C=O) groups is 2. The molecule has 2 N–H and O–H groups in total. The number of carboxylic acid groups (broad SMARTS) is 1. The van der Waals surface area contributed by atoms with Crippen LogP contribution < -0.4 is 5.32 Å². The molecule has 0 aromatic carbocycles. The maximum absolute atomic E-state index is 12.3. The van der Waals surface area contributed by atoms with Gasteiger partial charge < -0.3 is 10.4 Å². The second-order valence-electron chi connectivity index (χ2n) is 6.28. The van der Waals surface area contributed by atoms with Crippen LogP contribution in [0.5, 0.6) is 0 Å². The van der Waals surface area contributed by atoms with E-state index in [1.165, 1.54) is 11.3 Å². The van der Waals surface area contributed by atoms with Crippen LogP contribution in [-0.4, -0.2) is 27.2 Å². The van der Waals surface area contributed by atoms with Gasteiger partial charge in [-0.05, 0) is 44.4 Å². The number of aryl methyl sites for hydroxylation is 1. The Morgan fingerprint density at radius 1 is 1.35 bits per heavy atom. The number of amides is 1. The highest BCUT2D eigenvalue weighted by atomic mass is 32.1. The van der Waals surface area contributed by atoms with E-state index in [0.29, 0.717) is 23.9 Å². The summed E-state index contributed by atoms with van der Waals surface area (Å²) in [5.74, 6) is -0.694. The van der Waals surface area contributed by atoms with Gasteiger partial charge in [-0.15, -0.1) is 10.2 Å². The highest BCUT2D eigenvalue weighted by molar-refractivity contribution is 7.15. The van der Waals surface area contributed by atoms with Crippen molar-refractivity contribution in [2.45, 2.75) is 58.8 Å². The number of aliphatic carboxylic acids is 1. The number of carboxylic acids is 1. The molecule has 3 unspecified atom stereocenters. The van der Waals surface area contributed by atoms with Gasteiger partial charge in [-0.1, -0.05) is 31.6 Å². The zero-order valence-electron chi connectivity index (χ0n) is 13.7. The van der Waals surface area contributed by atoms with Gasteiger partial charge in [0.25, 0.3) is 0 Å². The lowest BCUT2D eigenvalue weighted by Gasteiger charge is -2.16. The summed E-state index contributed by atoms with van der Waals surface area (Å²) in [7, 11) is 0. The highest BCUT2D eigenvalue weighted by Crippen LogP contribution is 2.36. The van der Waals surface area contributed by atoms with E-state index in [1.54, 1.807) is 0 Å². The molecule has 128 valence electrons. The topological polar surface area (TPSA) is 92.2 Å². The molecule has 23 heavy (non-hydrogen) atoms. The molecular weight excluding hydrogens is 314 g/mol. The van der Waals surface area contributed by atoms with Crippen LogP contribution in [0.3, 0.4) is 0 Å². The summed E-state index contributed by atoms with van der Waals surface area (Å²) in [6, 6.07) is 0. The van der Waals surface area contributed by atoms with Crippen LogP contribution in [0.4, 0.5) is 5.13 Å². The summed E-state index contributed by atoms with van der Waals surface area (Å²) in [4.78, 5) is 23.6. The summed E-state index contributed by atoms with van der Waals surface area (Å²) >= 11 is 1.41. The molecule has 1 saturated carbocycles. The Hall–Kier alpha value is -1.50. The maximum atomic E-state index is 12.3. The molecule has 7 heteroatoms. The van der Waals surface area contributed by atoms with Crippen LogP contribution in [0.15, 0.2) is 0 Å². The lowest BCUT2D eigenvalue weighted by Crippen LogP contribution is -2.21. The van der Waals surface area contributed by atoms with Gasteiger partial charge in [0.2, 0.25) is 11.0 Å². The molecule has 6 nitrogen and oxygen atoms in total. The van der Waals surface area contributed by atoms with Crippen LogP contribution in [0.25, 0.3) is 0 Å². The largest absolute Gasteiger partial charge is 0.481 e. The first-order chi connectivity index (χ1) is 11.0. The number of nitrogens with zero attached hydrogens (tertiary/aromatic N) is 2.